The van der Waals surface area contributed by atoms with Gasteiger partial charge in [0.25, 0.3) is 0 Å². The highest BCUT2D eigenvalue weighted by atomic mass is 35.5. The number of hydrogen-bond acceptors (Lipinski definition) is 3. The van der Waals surface area contributed by atoms with E-state index in [2.05, 4.69) is 19.2 Å². The molecule has 0 fully saturated rings. The molecule has 1 aromatic rings. The van der Waals surface area contributed by atoms with E-state index in [1.165, 1.54) is 11.3 Å². The summed E-state index contributed by atoms with van der Waals surface area (Å²) in [5.74, 6) is 0. The minimum atomic E-state index is -0.826. The largest absolute Gasteiger partial charge is 0.385 e. The van der Waals surface area contributed by atoms with Crippen molar-refractivity contribution in [3.63, 3.8) is 0 Å². The Morgan fingerprint density at radius 2 is 2.27 bits per heavy atom. The molecule has 0 saturated carbocycles. The van der Waals surface area contributed by atoms with E-state index < -0.39 is 5.60 Å². The van der Waals surface area contributed by atoms with Gasteiger partial charge in [-0.2, -0.15) is 0 Å². The average molecular weight is 248 g/mol. The van der Waals surface area contributed by atoms with Crippen LogP contribution in [-0.4, -0.2) is 17.7 Å². The first kappa shape index (κ1) is 13.0. The Labute approximate surface area is 100 Å². The lowest BCUT2D eigenvalue weighted by Crippen LogP contribution is -2.30. The van der Waals surface area contributed by atoms with Crippen LogP contribution < -0.4 is 5.32 Å². The average Bonchev–Trinajstić information content (AvgIpc) is 2.50. The zero-order chi connectivity index (χ0) is 11.5. The first-order chi connectivity index (χ1) is 6.93. The SMILES string of the molecule is CC(C)NCCC(C)(O)c1sccc1Cl. The van der Waals surface area contributed by atoms with E-state index in [0.717, 1.165) is 11.4 Å². The molecular formula is C11H18ClNOS. The molecule has 1 unspecified atom stereocenters. The summed E-state index contributed by atoms with van der Waals surface area (Å²) in [6, 6.07) is 2.27. The first-order valence-electron chi connectivity index (χ1n) is 5.12. The van der Waals surface area contributed by atoms with Gasteiger partial charge in [-0.1, -0.05) is 25.4 Å². The molecule has 86 valence electrons. The fourth-order valence-electron chi connectivity index (χ4n) is 1.40. The summed E-state index contributed by atoms with van der Waals surface area (Å²) >= 11 is 7.50. The van der Waals surface area contributed by atoms with Crippen LogP contribution in [-0.2, 0) is 5.60 Å². The number of rotatable bonds is 5. The Bertz CT molecular complexity index is 309. The van der Waals surface area contributed by atoms with Crippen molar-refractivity contribution in [1.29, 1.82) is 0 Å². The van der Waals surface area contributed by atoms with Crippen molar-refractivity contribution in [3.05, 3.63) is 21.3 Å². The quantitative estimate of drug-likeness (QED) is 0.839. The molecule has 0 bridgehead atoms. The van der Waals surface area contributed by atoms with Gasteiger partial charge in [-0.05, 0) is 31.3 Å². The molecule has 0 aliphatic heterocycles. The van der Waals surface area contributed by atoms with Crippen molar-refractivity contribution in [2.75, 3.05) is 6.54 Å². The summed E-state index contributed by atoms with van der Waals surface area (Å²) in [6.07, 6.45) is 0.672. The number of aliphatic hydroxyl groups is 1. The molecule has 2 N–H and O–H groups in total. The Balaban J connectivity index is 2.56. The summed E-state index contributed by atoms with van der Waals surface area (Å²) in [4.78, 5) is 0.856. The maximum atomic E-state index is 10.3. The van der Waals surface area contributed by atoms with Crippen LogP contribution in [0.3, 0.4) is 0 Å². The van der Waals surface area contributed by atoms with Crippen LogP contribution in [0.15, 0.2) is 11.4 Å². The third kappa shape index (κ3) is 3.76. The second-order valence-corrected chi connectivity index (χ2v) is 5.55. The van der Waals surface area contributed by atoms with Gasteiger partial charge in [0, 0.05) is 6.04 Å². The summed E-state index contributed by atoms with van der Waals surface area (Å²) in [6.45, 7) is 6.78. The lowest BCUT2D eigenvalue weighted by Gasteiger charge is -2.23. The minimum Gasteiger partial charge on any atom is -0.385 e. The van der Waals surface area contributed by atoms with Crippen LogP contribution in [0.1, 0.15) is 32.1 Å². The van der Waals surface area contributed by atoms with Gasteiger partial charge in [0.1, 0.15) is 0 Å². The van der Waals surface area contributed by atoms with Gasteiger partial charge in [-0.3, -0.25) is 0 Å². The third-order valence-electron chi connectivity index (χ3n) is 2.27. The number of halogens is 1. The van der Waals surface area contributed by atoms with Crippen LogP contribution in [0.4, 0.5) is 0 Å². The van der Waals surface area contributed by atoms with E-state index in [0.29, 0.717) is 17.5 Å². The van der Waals surface area contributed by atoms with E-state index >= 15 is 0 Å². The normalized spacial score (nSPS) is 15.6. The predicted octanol–water partition coefficient (Wildman–Crippen LogP) is 3.00. The summed E-state index contributed by atoms with van der Waals surface area (Å²) in [5, 5.41) is 16.1. The van der Waals surface area contributed by atoms with Crippen molar-refractivity contribution in [3.8, 4) is 0 Å². The van der Waals surface area contributed by atoms with Gasteiger partial charge < -0.3 is 10.4 Å². The maximum absolute atomic E-state index is 10.3. The fourth-order valence-corrected chi connectivity index (χ4v) is 2.75. The molecule has 1 heterocycles. The summed E-state index contributed by atoms with van der Waals surface area (Å²) in [7, 11) is 0. The summed E-state index contributed by atoms with van der Waals surface area (Å²) < 4.78 is 0. The Kier molecular flexibility index (Phi) is 4.59. The van der Waals surface area contributed by atoms with Crippen molar-refractivity contribution < 1.29 is 5.11 Å². The number of hydrogen-bond donors (Lipinski definition) is 2. The van der Waals surface area contributed by atoms with Gasteiger partial charge in [-0.15, -0.1) is 11.3 Å². The van der Waals surface area contributed by atoms with E-state index in [-0.39, 0.29) is 0 Å². The molecule has 1 atom stereocenters. The second kappa shape index (κ2) is 5.30. The Morgan fingerprint density at radius 3 is 2.73 bits per heavy atom. The lowest BCUT2D eigenvalue weighted by atomic mass is 10.0. The first-order valence-corrected chi connectivity index (χ1v) is 6.38. The lowest BCUT2D eigenvalue weighted by molar-refractivity contribution is 0.0514. The smallest absolute Gasteiger partial charge is 0.0986 e. The van der Waals surface area contributed by atoms with Gasteiger partial charge in [0.05, 0.1) is 15.5 Å². The van der Waals surface area contributed by atoms with Crippen molar-refractivity contribution in [2.45, 2.75) is 38.8 Å². The maximum Gasteiger partial charge on any atom is 0.0986 e. The van der Waals surface area contributed by atoms with E-state index in [1.807, 2.05) is 18.4 Å². The van der Waals surface area contributed by atoms with Crippen molar-refractivity contribution in [1.82, 2.24) is 5.32 Å². The number of thiophene rings is 1. The molecule has 0 saturated heterocycles. The van der Waals surface area contributed by atoms with E-state index in [4.69, 9.17) is 11.6 Å². The molecule has 15 heavy (non-hydrogen) atoms. The molecule has 1 aromatic heterocycles. The predicted molar refractivity (Wildman–Crippen MR) is 66.7 cm³/mol. The molecule has 4 heteroatoms. The minimum absolute atomic E-state index is 0.444. The van der Waals surface area contributed by atoms with Crippen LogP contribution in [0.5, 0.6) is 0 Å². The standard InChI is InChI=1S/C11H18ClNOS/c1-8(2)13-6-5-11(3,14)10-9(12)4-7-15-10/h4,7-8,13-14H,5-6H2,1-3H3. The molecular weight excluding hydrogens is 230 g/mol. The van der Waals surface area contributed by atoms with Crippen LogP contribution >= 0.6 is 22.9 Å². The monoisotopic (exact) mass is 247 g/mol. The zero-order valence-electron chi connectivity index (χ0n) is 9.38. The second-order valence-electron chi connectivity index (χ2n) is 4.23. The molecule has 0 amide bonds. The van der Waals surface area contributed by atoms with Gasteiger partial charge in [-0.25, -0.2) is 0 Å². The van der Waals surface area contributed by atoms with Crippen LogP contribution in [0.2, 0.25) is 5.02 Å². The highest BCUT2D eigenvalue weighted by molar-refractivity contribution is 7.10. The van der Waals surface area contributed by atoms with E-state index in [9.17, 15) is 5.11 Å². The van der Waals surface area contributed by atoms with Crippen LogP contribution in [0, 0.1) is 0 Å². The Morgan fingerprint density at radius 1 is 1.60 bits per heavy atom. The molecule has 0 spiro atoms. The molecule has 0 aromatic carbocycles. The van der Waals surface area contributed by atoms with Crippen LogP contribution in [0.25, 0.3) is 0 Å². The molecule has 2 nitrogen and oxygen atoms in total. The zero-order valence-corrected chi connectivity index (χ0v) is 11.0. The fraction of sp³-hybridized carbons (Fsp3) is 0.636. The Hall–Kier alpha value is -0.0900. The molecule has 0 aliphatic rings. The van der Waals surface area contributed by atoms with Crippen molar-refractivity contribution in [2.24, 2.45) is 0 Å². The van der Waals surface area contributed by atoms with Gasteiger partial charge in [0.15, 0.2) is 0 Å². The topological polar surface area (TPSA) is 32.3 Å². The number of nitrogens with one attached hydrogen (secondary N) is 1. The molecule has 0 radical (unpaired) electrons. The van der Waals surface area contributed by atoms with Gasteiger partial charge in [0.2, 0.25) is 0 Å². The van der Waals surface area contributed by atoms with E-state index in [1.54, 1.807) is 0 Å². The highest BCUT2D eigenvalue weighted by Gasteiger charge is 2.26. The van der Waals surface area contributed by atoms with Gasteiger partial charge >= 0.3 is 0 Å². The molecule has 0 aliphatic carbocycles. The highest BCUT2D eigenvalue weighted by Crippen LogP contribution is 2.34. The molecule has 1 rings (SSSR count). The third-order valence-corrected chi connectivity index (χ3v) is 3.87. The van der Waals surface area contributed by atoms with Crippen molar-refractivity contribution >= 4 is 22.9 Å². The summed E-state index contributed by atoms with van der Waals surface area (Å²) in [5.41, 5.74) is -0.826.